The first-order valence-corrected chi connectivity index (χ1v) is 8.41. The maximum atomic E-state index is 5.55. The highest BCUT2D eigenvalue weighted by Crippen LogP contribution is 2.25. The quantitative estimate of drug-likeness (QED) is 0.666. The number of thiophene rings is 1. The first-order chi connectivity index (χ1) is 9.36. The van der Waals surface area contributed by atoms with Crippen LogP contribution in [0, 0.1) is 0 Å². The van der Waals surface area contributed by atoms with Gasteiger partial charge in [0.1, 0.15) is 10.7 Å². The maximum absolute atomic E-state index is 5.55. The summed E-state index contributed by atoms with van der Waals surface area (Å²) in [5.41, 5.74) is 2.68. The van der Waals surface area contributed by atoms with Crippen LogP contribution in [0.15, 0.2) is 11.4 Å². The molecule has 1 aliphatic heterocycles. The van der Waals surface area contributed by atoms with Gasteiger partial charge in [-0.3, -0.25) is 4.90 Å². The normalized spacial score (nSPS) is 17.5. The third-order valence-corrected chi connectivity index (χ3v) is 5.04. The summed E-state index contributed by atoms with van der Waals surface area (Å²) >= 11 is 3.66. The zero-order valence-electron chi connectivity index (χ0n) is 10.6. The van der Waals surface area contributed by atoms with E-state index in [0.29, 0.717) is 0 Å². The van der Waals surface area contributed by atoms with Crippen molar-refractivity contribution in [3.05, 3.63) is 17.3 Å². The topological polar surface area (TPSA) is 67.1 Å². The molecule has 102 valence electrons. The number of hydrogen-bond donors (Lipinski definition) is 2. The minimum absolute atomic E-state index is 0.727. The van der Waals surface area contributed by atoms with Gasteiger partial charge in [-0.2, -0.15) is 11.8 Å². The number of nitrogens with one attached hydrogen (secondary N) is 1. The Morgan fingerprint density at radius 1 is 1.32 bits per heavy atom. The van der Waals surface area contributed by atoms with Crippen molar-refractivity contribution in [3.63, 3.8) is 0 Å². The van der Waals surface area contributed by atoms with Gasteiger partial charge in [-0.1, -0.05) is 0 Å². The SMILES string of the molecule is NNc1nc(CN2CCCSCC2)nc2sccc12. The lowest BCUT2D eigenvalue weighted by molar-refractivity contribution is 0.281. The number of nitrogens with two attached hydrogens (primary N) is 1. The van der Waals surface area contributed by atoms with Crippen molar-refractivity contribution in [1.29, 1.82) is 0 Å². The number of nitrogen functional groups attached to an aromatic ring is 1. The number of fused-ring (bicyclic) bond motifs is 1. The molecule has 3 rings (SSSR count). The summed E-state index contributed by atoms with van der Waals surface area (Å²) in [5.74, 6) is 9.59. The third kappa shape index (κ3) is 3.00. The van der Waals surface area contributed by atoms with E-state index in [4.69, 9.17) is 5.84 Å². The van der Waals surface area contributed by atoms with Crippen LogP contribution < -0.4 is 11.3 Å². The van der Waals surface area contributed by atoms with Gasteiger partial charge >= 0.3 is 0 Å². The number of anilines is 1. The second-order valence-electron chi connectivity index (χ2n) is 4.51. The number of thioether (sulfide) groups is 1. The van der Waals surface area contributed by atoms with Crippen LogP contribution in [0.3, 0.4) is 0 Å². The van der Waals surface area contributed by atoms with Crippen LogP contribution in [0.25, 0.3) is 10.2 Å². The maximum Gasteiger partial charge on any atom is 0.152 e. The highest BCUT2D eigenvalue weighted by Gasteiger charge is 2.13. The van der Waals surface area contributed by atoms with Crippen LogP contribution in [0.5, 0.6) is 0 Å². The smallest absolute Gasteiger partial charge is 0.152 e. The first-order valence-electron chi connectivity index (χ1n) is 6.37. The Hall–Kier alpha value is -0.890. The molecule has 0 amide bonds. The lowest BCUT2D eigenvalue weighted by Gasteiger charge is -2.18. The van der Waals surface area contributed by atoms with E-state index in [1.165, 1.54) is 17.9 Å². The van der Waals surface area contributed by atoms with Crippen LogP contribution in [0.4, 0.5) is 5.82 Å². The van der Waals surface area contributed by atoms with Gasteiger partial charge in [-0.15, -0.1) is 11.3 Å². The van der Waals surface area contributed by atoms with Crippen molar-refractivity contribution in [2.24, 2.45) is 5.84 Å². The Labute approximate surface area is 120 Å². The van der Waals surface area contributed by atoms with Crippen molar-refractivity contribution in [3.8, 4) is 0 Å². The van der Waals surface area contributed by atoms with Gasteiger partial charge in [0.25, 0.3) is 0 Å². The lowest BCUT2D eigenvalue weighted by Crippen LogP contribution is -2.26. The predicted octanol–water partition coefficient (Wildman–Crippen LogP) is 1.92. The van der Waals surface area contributed by atoms with E-state index in [0.717, 1.165) is 41.5 Å². The average Bonchev–Trinajstić information content (AvgIpc) is 2.75. The van der Waals surface area contributed by atoms with Crippen LogP contribution in [0.2, 0.25) is 0 Å². The number of nitrogens with zero attached hydrogens (tertiary/aromatic N) is 3. The van der Waals surface area contributed by atoms with Crippen molar-refractivity contribution in [1.82, 2.24) is 14.9 Å². The van der Waals surface area contributed by atoms with Gasteiger partial charge < -0.3 is 5.43 Å². The molecular weight excluding hydrogens is 278 g/mol. The molecule has 0 atom stereocenters. The van der Waals surface area contributed by atoms with E-state index in [2.05, 4.69) is 20.3 Å². The van der Waals surface area contributed by atoms with Gasteiger partial charge in [0, 0.05) is 12.3 Å². The highest BCUT2D eigenvalue weighted by molar-refractivity contribution is 7.99. The fourth-order valence-electron chi connectivity index (χ4n) is 2.24. The molecule has 0 bridgehead atoms. The Bertz CT molecular complexity index is 548. The van der Waals surface area contributed by atoms with E-state index in [-0.39, 0.29) is 0 Å². The molecule has 0 saturated carbocycles. The molecule has 1 saturated heterocycles. The predicted molar refractivity (Wildman–Crippen MR) is 82.4 cm³/mol. The molecule has 7 heteroatoms. The number of rotatable bonds is 3. The molecule has 3 heterocycles. The van der Waals surface area contributed by atoms with Crippen LogP contribution in [-0.4, -0.2) is 39.5 Å². The minimum atomic E-state index is 0.727. The lowest BCUT2D eigenvalue weighted by atomic mass is 10.3. The van der Waals surface area contributed by atoms with Crippen LogP contribution in [0.1, 0.15) is 12.2 Å². The molecule has 0 radical (unpaired) electrons. The van der Waals surface area contributed by atoms with Crippen LogP contribution >= 0.6 is 23.1 Å². The van der Waals surface area contributed by atoms with Crippen molar-refractivity contribution in [2.45, 2.75) is 13.0 Å². The van der Waals surface area contributed by atoms with E-state index in [1.807, 2.05) is 23.2 Å². The summed E-state index contributed by atoms with van der Waals surface area (Å²) in [6, 6.07) is 2.00. The first kappa shape index (κ1) is 13.1. The number of hydrazine groups is 1. The van der Waals surface area contributed by atoms with Gasteiger partial charge in [0.2, 0.25) is 0 Å². The Kier molecular flexibility index (Phi) is 4.17. The number of aromatic nitrogens is 2. The summed E-state index contributed by atoms with van der Waals surface area (Å²) < 4.78 is 0. The second-order valence-corrected chi connectivity index (χ2v) is 6.63. The summed E-state index contributed by atoms with van der Waals surface area (Å²) in [5, 5.41) is 3.02. The Morgan fingerprint density at radius 3 is 3.16 bits per heavy atom. The van der Waals surface area contributed by atoms with E-state index in [1.54, 1.807) is 11.3 Å². The molecular formula is C12H17N5S2. The summed E-state index contributed by atoms with van der Waals surface area (Å²) in [7, 11) is 0. The van der Waals surface area contributed by atoms with Gasteiger partial charge in [-0.25, -0.2) is 15.8 Å². The molecule has 2 aromatic heterocycles. The zero-order valence-corrected chi connectivity index (χ0v) is 12.3. The molecule has 0 unspecified atom stereocenters. The largest absolute Gasteiger partial charge is 0.308 e. The minimum Gasteiger partial charge on any atom is -0.308 e. The molecule has 0 aromatic carbocycles. The Morgan fingerprint density at radius 2 is 2.26 bits per heavy atom. The zero-order chi connectivity index (χ0) is 13.1. The molecule has 5 nitrogen and oxygen atoms in total. The van der Waals surface area contributed by atoms with Crippen molar-refractivity contribution in [2.75, 3.05) is 30.0 Å². The van der Waals surface area contributed by atoms with Crippen LogP contribution in [-0.2, 0) is 6.54 Å². The number of hydrogen-bond acceptors (Lipinski definition) is 7. The molecule has 1 aliphatic rings. The monoisotopic (exact) mass is 295 g/mol. The summed E-state index contributed by atoms with van der Waals surface area (Å²) in [6.07, 6.45) is 1.24. The van der Waals surface area contributed by atoms with E-state index < -0.39 is 0 Å². The van der Waals surface area contributed by atoms with Crippen molar-refractivity contribution < 1.29 is 0 Å². The average molecular weight is 295 g/mol. The molecule has 2 aromatic rings. The molecule has 3 N–H and O–H groups in total. The fourth-order valence-corrected chi connectivity index (χ4v) is 3.94. The van der Waals surface area contributed by atoms with Gasteiger partial charge in [-0.05, 0) is 30.2 Å². The molecule has 0 spiro atoms. The standard InChI is InChI=1S/C12H17N5S2/c13-16-11-9-2-6-19-12(9)15-10(14-11)8-17-3-1-5-18-7-4-17/h2,6H,1,3-5,7-8,13H2,(H,14,15,16). The molecule has 19 heavy (non-hydrogen) atoms. The molecule has 1 fully saturated rings. The van der Waals surface area contributed by atoms with E-state index in [9.17, 15) is 0 Å². The van der Waals surface area contributed by atoms with Gasteiger partial charge in [0.15, 0.2) is 5.82 Å². The van der Waals surface area contributed by atoms with E-state index >= 15 is 0 Å². The van der Waals surface area contributed by atoms with Crippen molar-refractivity contribution >= 4 is 39.1 Å². The fraction of sp³-hybridized carbons (Fsp3) is 0.500. The molecule has 0 aliphatic carbocycles. The van der Waals surface area contributed by atoms with Gasteiger partial charge in [0.05, 0.1) is 11.9 Å². The Balaban J connectivity index is 1.83. The summed E-state index contributed by atoms with van der Waals surface area (Å²) in [6.45, 7) is 3.05. The highest BCUT2D eigenvalue weighted by atomic mass is 32.2. The second kappa shape index (κ2) is 6.04. The summed E-state index contributed by atoms with van der Waals surface area (Å²) in [4.78, 5) is 12.6. The third-order valence-electron chi connectivity index (χ3n) is 3.19.